The first kappa shape index (κ1) is 16.3. The zero-order valence-electron chi connectivity index (χ0n) is 11.5. The third-order valence-corrected chi connectivity index (χ3v) is 2.93. The van der Waals surface area contributed by atoms with Crippen LogP contribution in [0.1, 0.15) is 24.2 Å². The Labute approximate surface area is 115 Å². The van der Waals surface area contributed by atoms with Crippen molar-refractivity contribution < 1.29 is 23.1 Å². The summed E-state index contributed by atoms with van der Waals surface area (Å²) in [6.45, 7) is 4.09. The maximum Gasteiger partial charge on any atom is 0.256 e. The van der Waals surface area contributed by atoms with Gasteiger partial charge in [-0.3, -0.25) is 4.79 Å². The molecule has 0 unspecified atom stereocenters. The molecular weight excluding hydrogens is 273 g/mol. The zero-order chi connectivity index (χ0) is 15.7. The highest BCUT2D eigenvalue weighted by atomic mass is 19.2. The minimum Gasteiger partial charge on any atom is -0.503 e. The second-order valence-electron chi connectivity index (χ2n) is 5.41. The molecule has 112 valence electrons. The highest BCUT2D eigenvalue weighted by molar-refractivity contribution is 5.94. The number of rotatable bonds is 4. The van der Waals surface area contributed by atoms with Crippen LogP contribution in [0.4, 0.5) is 13.2 Å². The van der Waals surface area contributed by atoms with Crippen LogP contribution in [-0.4, -0.2) is 36.1 Å². The Balaban J connectivity index is 3.10. The summed E-state index contributed by atoms with van der Waals surface area (Å²) in [5.74, 6) is -7.05. The smallest absolute Gasteiger partial charge is 0.256 e. The second kappa shape index (κ2) is 5.70. The van der Waals surface area contributed by atoms with Gasteiger partial charge < -0.3 is 15.7 Å². The number of carbonyl (C=O) groups is 1. The Morgan fingerprint density at radius 2 is 1.90 bits per heavy atom. The van der Waals surface area contributed by atoms with Crippen molar-refractivity contribution in [1.29, 1.82) is 0 Å². The van der Waals surface area contributed by atoms with Gasteiger partial charge in [0.2, 0.25) is 5.82 Å². The van der Waals surface area contributed by atoms with E-state index in [9.17, 15) is 18.0 Å². The highest BCUT2D eigenvalue weighted by Crippen LogP contribution is 2.27. The van der Waals surface area contributed by atoms with E-state index in [1.807, 2.05) is 0 Å². The number of benzene rings is 1. The van der Waals surface area contributed by atoms with Crippen molar-refractivity contribution in [2.75, 3.05) is 20.1 Å². The zero-order valence-corrected chi connectivity index (χ0v) is 11.5. The van der Waals surface area contributed by atoms with Crippen molar-refractivity contribution in [2.45, 2.75) is 13.8 Å². The summed E-state index contributed by atoms with van der Waals surface area (Å²) in [6.07, 6.45) is 0. The molecule has 4 nitrogen and oxygen atoms in total. The normalized spacial score (nSPS) is 11.6. The quantitative estimate of drug-likeness (QED) is 0.832. The summed E-state index contributed by atoms with van der Waals surface area (Å²) in [7, 11) is 1.39. The lowest BCUT2D eigenvalue weighted by Gasteiger charge is -2.29. The number of amides is 1. The number of phenols is 1. The Kier molecular flexibility index (Phi) is 4.65. The Morgan fingerprint density at radius 1 is 1.35 bits per heavy atom. The van der Waals surface area contributed by atoms with Gasteiger partial charge in [0.25, 0.3) is 5.91 Å². The molecule has 0 aliphatic carbocycles. The molecule has 0 bridgehead atoms. The molecule has 0 atom stereocenters. The number of nitrogens with zero attached hydrogens (tertiary/aromatic N) is 1. The van der Waals surface area contributed by atoms with Gasteiger partial charge in [-0.25, -0.2) is 8.78 Å². The van der Waals surface area contributed by atoms with Crippen LogP contribution in [0.25, 0.3) is 0 Å². The Morgan fingerprint density at radius 3 is 2.40 bits per heavy atom. The number of halogens is 3. The molecule has 0 radical (unpaired) electrons. The summed E-state index contributed by atoms with van der Waals surface area (Å²) in [4.78, 5) is 13.2. The first-order valence-corrected chi connectivity index (χ1v) is 5.92. The lowest BCUT2D eigenvalue weighted by molar-refractivity contribution is 0.0734. The van der Waals surface area contributed by atoms with Crippen molar-refractivity contribution in [2.24, 2.45) is 11.1 Å². The Bertz CT molecular complexity index is 533. The van der Waals surface area contributed by atoms with Gasteiger partial charge in [-0.15, -0.1) is 0 Å². The van der Waals surface area contributed by atoms with Crippen LogP contribution in [-0.2, 0) is 0 Å². The summed E-state index contributed by atoms with van der Waals surface area (Å²) in [5, 5.41) is 9.10. The number of nitrogens with two attached hydrogens (primary N) is 1. The van der Waals surface area contributed by atoms with Crippen molar-refractivity contribution in [3.8, 4) is 5.75 Å². The van der Waals surface area contributed by atoms with Gasteiger partial charge in [0.15, 0.2) is 17.4 Å². The maximum absolute atomic E-state index is 13.6. The van der Waals surface area contributed by atoms with E-state index in [2.05, 4.69) is 0 Å². The van der Waals surface area contributed by atoms with E-state index in [0.717, 1.165) is 4.90 Å². The standard InChI is InChI=1S/C13H17F3N2O2/c1-13(2,5-17)6-18(3)12(20)7-4-8(14)10(16)11(19)9(7)15/h4,19H,5-6,17H2,1-3H3. The van der Waals surface area contributed by atoms with Crippen molar-refractivity contribution in [3.05, 3.63) is 29.1 Å². The van der Waals surface area contributed by atoms with Crippen LogP contribution in [0.2, 0.25) is 0 Å². The summed E-state index contributed by atoms with van der Waals surface area (Å²) in [6, 6.07) is 0.429. The monoisotopic (exact) mass is 290 g/mol. The van der Waals surface area contributed by atoms with Gasteiger partial charge in [-0.2, -0.15) is 4.39 Å². The predicted octanol–water partition coefficient (Wildman–Crippen LogP) is 1.87. The van der Waals surface area contributed by atoms with E-state index in [0.29, 0.717) is 6.07 Å². The predicted molar refractivity (Wildman–Crippen MR) is 67.8 cm³/mol. The van der Waals surface area contributed by atoms with E-state index < -0.39 is 40.1 Å². The highest BCUT2D eigenvalue weighted by Gasteiger charge is 2.27. The van der Waals surface area contributed by atoms with Gasteiger partial charge in [0.05, 0.1) is 5.56 Å². The molecule has 0 aliphatic rings. The topological polar surface area (TPSA) is 66.6 Å². The van der Waals surface area contributed by atoms with E-state index >= 15 is 0 Å². The SMILES string of the molecule is CN(CC(C)(C)CN)C(=O)c1cc(F)c(F)c(O)c1F. The van der Waals surface area contributed by atoms with Crippen molar-refractivity contribution in [3.63, 3.8) is 0 Å². The number of aromatic hydroxyl groups is 1. The van der Waals surface area contributed by atoms with Gasteiger partial charge >= 0.3 is 0 Å². The fourth-order valence-corrected chi connectivity index (χ4v) is 1.73. The summed E-state index contributed by atoms with van der Waals surface area (Å²) >= 11 is 0. The first-order chi connectivity index (χ1) is 9.10. The molecule has 0 saturated carbocycles. The average molecular weight is 290 g/mol. The molecule has 1 aromatic rings. The molecule has 20 heavy (non-hydrogen) atoms. The molecule has 0 spiro atoms. The third-order valence-electron chi connectivity index (χ3n) is 2.93. The molecule has 1 rings (SSSR count). The first-order valence-electron chi connectivity index (χ1n) is 5.92. The van der Waals surface area contributed by atoms with E-state index in [1.165, 1.54) is 7.05 Å². The molecule has 1 aromatic carbocycles. The largest absolute Gasteiger partial charge is 0.503 e. The number of carbonyl (C=O) groups excluding carboxylic acids is 1. The second-order valence-corrected chi connectivity index (χ2v) is 5.41. The van der Waals surface area contributed by atoms with Gasteiger partial charge in [0.1, 0.15) is 0 Å². The molecule has 0 fully saturated rings. The van der Waals surface area contributed by atoms with Crippen LogP contribution in [0.3, 0.4) is 0 Å². The van der Waals surface area contributed by atoms with Crippen molar-refractivity contribution >= 4 is 5.91 Å². The van der Waals surface area contributed by atoms with E-state index in [4.69, 9.17) is 10.8 Å². The van der Waals surface area contributed by atoms with Crippen LogP contribution >= 0.6 is 0 Å². The molecule has 3 N–H and O–H groups in total. The van der Waals surface area contributed by atoms with E-state index in [1.54, 1.807) is 13.8 Å². The number of phenolic OH excluding ortho intramolecular Hbond substituents is 1. The fourth-order valence-electron chi connectivity index (χ4n) is 1.73. The minimum atomic E-state index is -1.72. The number of hydrogen-bond acceptors (Lipinski definition) is 3. The molecule has 0 aliphatic heterocycles. The lowest BCUT2D eigenvalue weighted by Crippen LogP contribution is -2.40. The minimum absolute atomic E-state index is 0.196. The molecule has 0 heterocycles. The maximum atomic E-state index is 13.6. The van der Waals surface area contributed by atoms with Crippen LogP contribution in [0.15, 0.2) is 6.07 Å². The molecule has 0 aromatic heterocycles. The molecule has 7 heteroatoms. The van der Waals surface area contributed by atoms with Gasteiger partial charge in [-0.05, 0) is 18.0 Å². The third kappa shape index (κ3) is 3.22. The molecule has 0 saturated heterocycles. The number of hydrogen-bond donors (Lipinski definition) is 2. The summed E-state index contributed by atoms with van der Waals surface area (Å²) < 4.78 is 39.8. The van der Waals surface area contributed by atoms with Crippen LogP contribution in [0.5, 0.6) is 5.75 Å². The summed E-state index contributed by atoms with van der Waals surface area (Å²) in [5.41, 5.74) is 4.39. The van der Waals surface area contributed by atoms with Gasteiger partial charge in [-0.1, -0.05) is 13.8 Å². The fraction of sp³-hybridized carbons (Fsp3) is 0.462. The molecule has 1 amide bonds. The lowest BCUT2D eigenvalue weighted by atomic mass is 9.93. The molecular formula is C13H17F3N2O2. The van der Waals surface area contributed by atoms with Gasteiger partial charge in [0, 0.05) is 13.6 Å². The Hall–Kier alpha value is -1.76. The van der Waals surface area contributed by atoms with Crippen LogP contribution in [0, 0.1) is 22.9 Å². The van der Waals surface area contributed by atoms with Crippen molar-refractivity contribution in [1.82, 2.24) is 4.90 Å². The van der Waals surface area contributed by atoms with Crippen LogP contribution < -0.4 is 5.73 Å². The average Bonchev–Trinajstić information content (AvgIpc) is 2.39. The van der Waals surface area contributed by atoms with E-state index in [-0.39, 0.29) is 13.1 Å².